The number of nitrogens with zero attached hydrogens (tertiary/aromatic N) is 5. The van der Waals surface area contributed by atoms with Crippen molar-refractivity contribution in [1.29, 1.82) is 0 Å². The molecule has 0 aromatic carbocycles. The Bertz CT molecular complexity index is 309. The fraction of sp³-hybridized carbons (Fsp3) is 0. The van der Waals surface area contributed by atoms with Crippen LogP contribution in [-0.2, 0) is 0 Å². The number of hydrogen-bond donors (Lipinski definition) is 0. The Morgan fingerprint density at radius 1 is 0.917 bits per heavy atom. The van der Waals surface area contributed by atoms with Gasteiger partial charge in [-0.25, -0.2) is 4.98 Å². The van der Waals surface area contributed by atoms with E-state index in [1.54, 1.807) is 24.8 Å². The van der Waals surface area contributed by atoms with Gasteiger partial charge in [0.25, 0.3) is 0 Å². The highest BCUT2D eigenvalue weighted by molar-refractivity contribution is 5.49. The smallest absolute Gasteiger partial charge is 0.138 e. The number of aromatic nitrogens is 5. The zero-order chi connectivity index (χ0) is 8.23. The Labute approximate surface area is 68.6 Å². The molecule has 0 aliphatic rings. The molecular formula is C7H5N5. The fourth-order valence-corrected chi connectivity index (χ4v) is 0.796. The van der Waals surface area contributed by atoms with E-state index in [4.69, 9.17) is 0 Å². The van der Waals surface area contributed by atoms with Crippen LogP contribution >= 0.6 is 0 Å². The molecule has 2 aromatic heterocycles. The van der Waals surface area contributed by atoms with E-state index in [-0.39, 0.29) is 0 Å². The summed E-state index contributed by atoms with van der Waals surface area (Å²) in [7, 11) is 0. The van der Waals surface area contributed by atoms with Crippen molar-refractivity contribution in [3.8, 4) is 11.4 Å². The van der Waals surface area contributed by atoms with E-state index in [0.29, 0.717) is 11.4 Å². The second-order valence-electron chi connectivity index (χ2n) is 2.09. The molecule has 2 rings (SSSR count). The van der Waals surface area contributed by atoms with Gasteiger partial charge in [0, 0.05) is 12.4 Å². The summed E-state index contributed by atoms with van der Waals surface area (Å²) in [5.41, 5.74) is 1.31. The molecule has 12 heavy (non-hydrogen) atoms. The molecule has 58 valence electrons. The second kappa shape index (κ2) is 3.00. The zero-order valence-corrected chi connectivity index (χ0v) is 6.12. The average Bonchev–Trinajstić information content (AvgIpc) is 2.21. The van der Waals surface area contributed by atoms with Crippen molar-refractivity contribution >= 4 is 0 Å². The highest BCUT2D eigenvalue weighted by atomic mass is 15.1. The average molecular weight is 159 g/mol. The van der Waals surface area contributed by atoms with Crippen molar-refractivity contribution in [2.75, 3.05) is 0 Å². The Morgan fingerprint density at radius 2 is 1.83 bits per heavy atom. The molecule has 0 saturated heterocycles. The first kappa shape index (κ1) is 6.78. The van der Waals surface area contributed by atoms with Crippen LogP contribution in [0.4, 0.5) is 0 Å². The van der Waals surface area contributed by atoms with Gasteiger partial charge in [-0.05, 0) is 0 Å². The van der Waals surface area contributed by atoms with E-state index < -0.39 is 0 Å². The van der Waals surface area contributed by atoms with Crippen LogP contribution in [0.3, 0.4) is 0 Å². The van der Waals surface area contributed by atoms with Crippen LogP contribution in [-0.4, -0.2) is 25.1 Å². The second-order valence-corrected chi connectivity index (χ2v) is 2.09. The Kier molecular flexibility index (Phi) is 1.69. The molecule has 0 unspecified atom stereocenters. The van der Waals surface area contributed by atoms with Gasteiger partial charge < -0.3 is 0 Å². The Hall–Kier alpha value is -1.91. The molecular weight excluding hydrogens is 154 g/mol. The van der Waals surface area contributed by atoms with E-state index >= 15 is 0 Å². The lowest BCUT2D eigenvalue weighted by Gasteiger charge is -1.93. The van der Waals surface area contributed by atoms with Crippen LogP contribution in [0.25, 0.3) is 11.4 Å². The van der Waals surface area contributed by atoms with E-state index in [9.17, 15) is 0 Å². The van der Waals surface area contributed by atoms with Crippen LogP contribution in [0.1, 0.15) is 0 Å². The Morgan fingerprint density at radius 3 is 2.50 bits per heavy atom. The minimum Gasteiger partial charge on any atom is -0.261 e. The maximum Gasteiger partial charge on any atom is 0.138 e. The molecule has 0 radical (unpaired) electrons. The number of hydrogen-bond acceptors (Lipinski definition) is 5. The molecule has 0 N–H and O–H groups in total. The van der Waals surface area contributed by atoms with Gasteiger partial charge in [-0.3, -0.25) is 9.97 Å². The third-order valence-electron chi connectivity index (χ3n) is 1.31. The molecule has 2 heterocycles. The van der Waals surface area contributed by atoms with Crippen LogP contribution in [0, 0.1) is 0 Å². The van der Waals surface area contributed by atoms with Gasteiger partial charge in [0.05, 0.1) is 12.4 Å². The van der Waals surface area contributed by atoms with Gasteiger partial charge in [0.1, 0.15) is 17.7 Å². The summed E-state index contributed by atoms with van der Waals surface area (Å²) >= 11 is 0. The summed E-state index contributed by atoms with van der Waals surface area (Å²) in [6, 6.07) is 0. The third kappa shape index (κ3) is 1.24. The summed E-state index contributed by atoms with van der Waals surface area (Å²) in [6.07, 6.45) is 7.79. The van der Waals surface area contributed by atoms with E-state index in [1.165, 1.54) is 6.33 Å². The van der Waals surface area contributed by atoms with Gasteiger partial charge in [-0.15, -0.1) is 10.2 Å². The lowest BCUT2D eigenvalue weighted by molar-refractivity contribution is 0.967. The minimum absolute atomic E-state index is 0.630. The van der Waals surface area contributed by atoms with E-state index in [2.05, 4.69) is 25.1 Å². The molecule has 2 aromatic rings. The van der Waals surface area contributed by atoms with Gasteiger partial charge in [-0.1, -0.05) is 0 Å². The molecule has 0 fully saturated rings. The molecule has 0 aliphatic heterocycles. The SMILES string of the molecule is c1cnc(-c2cncnn2)cn1. The van der Waals surface area contributed by atoms with Crippen LogP contribution < -0.4 is 0 Å². The van der Waals surface area contributed by atoms with E-state index in [1.807, 2.05) is 0 Å². The summed E-state index contributed by atoms with van der Waals surface area (Å²) in [5.74, 6) is 0. The maximum atomic E-state index is 4.04. The summed E-state index contributed by atoms with van der Waals surface area (Å²) in [4.78, 5) is 11.8. The standard InChI is InChI=1S/C7H5N5/c1-2-10-6(3-8-1)7-4-9-5-11-12-7/h1-5H. The van der Waals surface area contributed by atoms with E-state index in [0.717, 1.165) is 0 Å². The van der Waals surface area contributed by atoms with Crippen molar-refractivity contribution in [2.45, 2.75) is 0 Å². The van der Waals surface area contributed by atoms with Gasteiger partial charge in [0.2, 0.25) is 0 Å². The lowest BCUT2D eigenvalue weighted by atomic mass is 10.3. The molecule has 0 saturated carbocycles. The summed E-state index contributed by atoms with van der Waals surface area (Å²) in [5, 5.41) is 7.47. The monoisotopic (exact) mass is 159 g/mol. The molecule has 0 bridgehead atoms. The molecule has 0 atom stereocenters. The van der Waals surface area contributed by atoms with Crippen molar-refractivity contribution in [1.82, 2.24) is 25.1 Å². The highest BCUT2D eigenvalue weighted by Gasteiger charge is 1.98. The topological polar surface area (TPSA) is 64.5 Å². The van der Waals surface area contributed by atoms with Crippen molar-refractivity contribution < 1.29 is 0 Å². The first-order chi connectivity index (χ1) is 5.97. The first-order valence-corrected chi connectivity index (χ1v) is 3.36. The summed E-state index contributed by atoms with van der Waals surface area (Å²) in [6.45, 7) is 0. The maximum absolute atomic E-state index is 4.04. The minimum atomic E-state index is 0.630. The normalized spacial score (nSPS) is 9.67. The van der Waals surface area contributed by atoms with Gasteiger partial charge >= 0.3 is 0 Å². The fourth-order valence-electron chi connectivity index (χ4n) is 0.796. The molecule has 5 nitrogen and oxygen atoms in total. The molecule has 0 spiro atoms. The molecule has 0 aliphatic carbocycles. The predicted molar refractivity (Wildman–Crippen MR) is 40.9 cm³/mol. The third-order valence-corrected chi connectivity index (χ3v) is 1.31. The lowest BCUT2D eigenvalue weighted by Crippen LogP contribution is -1.90. The summed E-state index contributed by atoms with van der Waals surface area (Å²) < 4.78 is 0. The van der Waals surface area contributed by atoms with Gasteiger partial charge in [0.15, 0.2) is 0 Å². The first-order valence-electron chi connectivity index (χ1n) is 3.36. The number of rotatable bonds is 1. The van der Waals surface area contributed by atoms with Crippen LogP contribution in [0.15, 0.2) is 31.1 Å². The zero-order valence-electron chi connectivity index (χ0n) is 6.12. The van der Waals surface area contributed by atoms with Crippen molar-refractivity contribution in [2.24, 2.45) is 0 Å². The molecule has 0 amide bonds. The van der Waals surface area contributed by atoms with Crippen molar-refractivity contribution in [3.63, 3.8) is 0 Å². The Balaban J connectivity index is 2.46. The largest absolute Gasteiger partial charge is 0.261 e. The predicted octanol–water partition coefficient (Wildman–Crippen LogP) is 0.329. The van der Waals surface area contributed by atoms with Gasteiger partial charge in [-0.2, -0.15) is 0 Å². The van der Waals surface area contributed by atoms with Crippen LogP contribution in [0.2, 0.25) is 0 Å². The highest BCUT2D eigenvalue weighted by Crippen LogP contribution is 2.07. The quantitative estimate of drug-likeness (QED) is 0.599. The van der Waals surface area contributed by atoms with Crippen molar-refractivity contribution in [3.05, 3.63) is 31.1 Å². The van der Waals surface area contributed by atoms with Crippen LogP contribution in [0.5, 0.6) is 0 Å². The molecule has 5 heteroatoms.